The molecular formula is C5H9NSi. The third-order valence-electron chi connectivity index (χ3n) is 1.04. The van der Waals surface area contributed by atoms with E-state index in [0.29, 0.717) is 0 Å². The zero-order valence-corrected chi connectivity index (χ0v) is 6.44. The molecular weight excluding hydrogens is 102 g/mol. The van der Waals surface area contributed by atoms with E-state index in [2.05, 4.69) is 11.1 Å². The highest BCUT2D eigenvalue weighted by molar-refractivity contribution is 6.08. The van der Waals surface area contributed by atoms with Gasteiger partial charge in [-0.1, -0.05) is 0 Å². The molecule has 0 radical (unpaired) electrons. The van der Waals surface area contributed by atoms with Gasteiger partial charge in [-0.25, -0.2) is 0 Å². The van der Waals surface area contributed by atoms with Crippen LogP contribution in [-0.4, -0.2) is 15.2 Å². The van der Waals surface area contributed by atoms with E-state index in [1.807, 2.05) is 12.3 Å². The minimum absolute atomic E-state index is 1.24. The molecule has 1 N–H and O–H groups in total. The summed E-state index contributed by atoms with van der Waals surface area (Å²) in [5, 5.41) is 0. The smallest absolute Gasteiger partial charge is 0.0111 e. The van der Waals surface area contributed by atoms with Gasteiger partial charge >= 0.3 is 0 Å². The van der Waals surface area contributed by atoms with Gasteiger partial charge in [-0.05, 0) is 18.2 Å². The van der Waals surface area contributed by atoms with Crippen molar-refractivity contribution in [1.82, 2.24) is 4.98 Å². The topological polar surface area (TPSA) is 15.8 Å². The van der Waals surface area contributed by atoms with Crippen molar-refractivity contribution < 1.29 is 0 Å². The summed E-state index contributed by atoms with van der Waals surface area (Å²) in [7, 11) is 1.26. The number of H-pyrrole nitrogens is 1. The summed E-state index contributed by atoms with van der Waals surface area (Å²) in [4.78, 5) is 3.12. The molecule has 0 spiro atoms. The first kappa shape index (κ1) is 4.65. The van der Waals surface area contributed by atoms with Gasteiger partial charge in [-0.3, -0.25) is 0 Å². The van der Waals surface area contributed by atoms with Crippen LogP contribution in [0.15, 0.2) is 18.3 Å². The molecule has 0 aliphatic heterocycles. The van der Waals surface area contributed by atoms with Crippen molar-refractivity contribution in [1.29, 1.82) is 0 Å². The minimum atomic E-state index is 1.24. The van der Waals surface area contributed by atoms with Gasteiger partial charge in [0.05, 0.1) is 0 Å². The normalized spacial score (nSPS) is 9.71. The van der Waals surface area contributed by atoms with E-state index in [0.717, 1.165) is 0 Å². The first-order chi connectivity index (χ1) is 3.43. The fourth-order valence-corrected chi connectivity index (χ4v) is 1.03. The van der Waals surface area contributed by atoms with Crippen molar-refractivity contribution >= 4 is 10.2 Å². The maximum Gasteiger partial charge on any atom is 0.0111 e. The zero-order chi connectivity index (χ0) is 5.11. The van der Waals surface area contributed by atoms with Crippen LogP contribution in [0, 0.1) is 0 Å². The van der Waals surface area contributed by atoms with Gasteiger partial charge in [0.1, 0.15) is 0 Å². The second-order valence-electron chi connectivity index (χ2n) is 1.55. The minimum Gasteiger partial charge on any atom is -0.365 e. The highest BCUT2D eigenvalue weighted by Crippen LogP contribution is 1.90. The summed E-state index contributed by atoms with van der Waals surface area (Å²) in [5.41, 5.74) is 1.37. The Balaban J connectivity index is 2.76. The van der Waals surface area contributed by atoms with Crippen LogP contribution in [-0.2, 0) is 6.04 Å². The summed E-state index contributed by atoms with van der Waals surface area (Å²) < 4.78 is 0. The molecule has 1 aromatic heterocycles. The quantitative estimate of drug-likeness (QED) is 0.486. The maximum atomic E-state index is 3.12. The first-order valence-corrected chi connectivity index (χ1v) is 3.97. The molecule has 0 aromatic carbocycles. The molecule has 0 aliphatic carbocycles. The van der Waals surface area contributed by atoms with Crippen molar-refractivity contribution in [2.75, 3.05) is 0 Å². The molecule has 7 heavy (non-hydrogen) atoms. The Hall–Kier alpha value is -0.503. The molecule has 0 atom stereocenters. The molecule has 2 heteroatoms. The second kappa shape index (κ2) is 1.98. The van der Waals surface area contributed by atoms with Crippen LogP contribution < -0.4 is 0 Å². The highest BCUT2D eigenvalue weighted by Gasteiger charge is 1.80. The molecule has 0 saturated heterocycles. The van der Waals surface area contributed by atoms with Crippen LogP contribution in [0.3, 0.4) is 0 Å². The summed E-state index contributed by atoms with van der Waals surface area (Å²) in [5.74, 6) is 0. The lowest BCUT2D eigenvalue weighted by molar-refractivity contribution is 1.23. The summed E-state index contributed by atoms with van der Waals surface area (Å²) in [6.45, 7) is 0. The fraction of sp³-hybridized carbons (Fsp3) is 0.200. The predicted molar refractivity (Wildman–Crippen MR) is 34.4 cm³/mol. The van der Waals surface area contributed by atoms with Gasteiger partial charge in [-0.2, -0.15) is 0 Å². The monoisotopic (exact) mass is 111 g/mol. The van der Waals surface area contributed by atoms with E-state index in [4.69, 9.17) is 0 Å². The van der Waals surface area contributed by atoms with Crippen LogP contribution in [0.4, 0.5) is 0 Å². The lowest BCUT2D eigenvalue weighted by Gasteiger charge is -1.81. The lowest BCUT2D eigenvalue weighted by Crippen LogP contribution is -1.79. The van der Waals surface area contributed by atoms with Gasteiger partial charge < -0.3 is 4.98 Å². The SMILES string of the molecule is [SiH3]Cc1ccc[nH]1. The van der Waals surface area contributed by atoms with Crippen molar-refractivity contribution in [3.63, 3.8) is 0 Å². The molecule has 0 fully saturated rings. The van der Waals surface area contributed by atoms with Crippen molar-refractivity contribution in [3.8, 4) is 0 Å². The predicted octanol–water partition coefficient (Wildman–Crippen LogP) is -0.120. The molecule has 0 unspecified atom stereocenters. The Morgan fingerprint density at radius 3 is 2.86 bits per heavy atom. The van der Waals surface area contributed by atoms with Crippen LogP contribution in [0.5, 0.6) is 0 Å². The molecule has 0 bridgehead atoms. The number of hydrogen-bond acceptors (Lipinski definition) is 0. The fourth-order valence-electron chi connectivity index (χ4n) is 0.587. The lowest BCUT2D eigenvalue weighted by atomic mass is 10.5. The average molecular weight is 111 g/mol. The summed E-state index contributed by atoms with van der Waals surface area (Å²) in [6, 6.07) is 5.40. The Bertz CT molecular complexity index is 123. The van der Waals surface area contributed by atoms with Crippen LogP contribution in [0.2, 0.25) is 0 Å². The van der Waals surface area contributed by atoms with Gasteiger partial charge in [0.15, 0.2) is 0 Å². The Kier molecular flexibility index (Phi) is 1.31. The highest BCUT2D eigenvalue weighted by atomic mass is 28.1. The Morgan fingerprint density at radius 2 is 2.57 bits per heavy atom. The molecule has 0 amide bonds. The van der Waals surface area contributed by atoms with Crippen molar-refractivity contribution in [2.24, 2.45) is 0 Å². The van der Waals surface area contributed by atoms with Crippen molar-refractivity contribution in [3.05, 3.63) is 24.0 Å². The molecule has 38 valence electrons. The molecule has 1 rings (SSSR count). The van der Waals surface area contributed by atoms with Crippen LogP contribution >= 0.6 is 0 Å². The summed E-state index contributed by atoms with van der Waals surface area (Å²) >= 11 is 0. The number of hydrogen-bond donors (Lipinski definition) is 1. The number of aromatic nitrogens is 1. The Labute approximate surface area is 46.2 Å². The van der Waals surface area contributed by atoms with Gasteiger partial charge in [0, 0.05) is 22.1 Å². The van der Waals surface area contributed by atoms with E-state index in [9.17, 15) is 0 Å². The summed E-state index contributed by atoms with van der Waals surface area (Å²) in [6.07, 6.45) is 1.97. The molecule has 0 aliphatic rings. The number of nitrogens with one attached hydrogen (secondary N) is 1. The first-order valence-electron chi connectivity index (χ1n) is 2.55. The van der Waals surface area contributed by atoms with Gasteiger partial charge in [-0.15, -0.1) is 0 Å². The van der Waals surface area contributed by atoms with Gasteiger partial charge in [0.25, 0.3) is 0 Å². The number of rotatable bonds is 1. The zero-order valence-electron chi connectivity index (χ0n) is 4.44. The van der Waals surface area contributed by atoms with Crippen molar-refractivity contribution in [2.45, 2.75) is 6.04 Å². The molecule has 1 nitrogen and oxygen atoms in total. The van der Waals surface area contributed by atoms with E-state index < -0.39 is 0 Å². The van der Waals surface area contributed by atoms with Gasteiger partial charge in [0.2, 0.25) is 0 Å². The molecule has 1 heterocycles. The number of aromatic amines is 1. The van der Waals surface area contributed by atoms with Crippen LogP contribution in [0.25, 0.3) is 0 Å². The third-order valence-corrected chi connectivity index (χ3v) is 1.81. The Morgan fingerprint density at radius 1 is 1.71 bits per heavy atom. The molecule has 1 aromatic rings. The van der Waals surface area contributed by atoms with E-state index in [1.165, 1.54) is 22.0 Å². The third kappa shape index (κ3) is 0.931. The van der Waals surface area contributed by atoms with E-state index in [1.54, 1.807) is 0 Å². The van der Waals surface area contributed by atoms with E-state index >= 15 is 0 Å². The largest absolute Gasteiger partial charge is 0.365 e. The molecule has 0 saturated carbocycles. The van der Waals surface area contributed by atoms with E-state index in [-0.39, 0.29) is 0 Å². The van der Waals surface area contributed by atoms with Crippen LogP contribution in [0.1, 0.15) is 5.69 Å². The standard InChI is InChI=1S/C5H9NSi/c7-4-5-2-1-3-6-5/h1-3,6H,4H2,7H3. The second-order valence-corrected chi connectivity index (χ2v) is 2.26. The average Bonchev–Trinajstić information content (AvgIpc) is 2.14. The maximum absolute atomic E-state index is 3.12.